The minimum absolute atomic E-state index is 0.0202. The fourth-order valence-electron chi connectivity index (χ4n) is 2.12. The first-order valence-corrected chi connectivity index (χ1v) is 8.77. The minimum Gasteiger partial charge on any atom is -0.370 e. The monoisotopic (exact) mass is 356 g/mol. The number of hydrogen-bond acceptors (Lipinski definition) is 5. The fourth-order valence-corrected chi connectivity index (χ4v) is 2.43. The van der Waals surface area contributed by atoms with E-state index in [4.69, 9.17) is 14.5 Å². The lowest BCUT2D eigenvalue weighted by atomic mass is 10.1. The summed E-state index contributed by atoms with van der Waals surface area (Å²) in [7, 11) is -4.40. The third-order valence-electron chi connectivity index (χ3n) is 3.44. The van der Waals surface area contributed by atoms with Gasteiger partial charge in [-0.3, -0.25) is 23.8 Å². The van der Waals surface area contributed by atoms with Crippen molar-refractivity contribution in [2.24, 2.45) is 0 Å². The van der Waals surface area contributed by atoms with Crippen molar-refractivity contribution in [2.75, 3.05) is 19.8 Å². The van der Waals surface area contributed by atoms with Gasteiger partial charge in [0.05, 0.1) is 24.3 Å². The molecule has 3 N–H and O–H groups in total. The zero-order valence-corrected chi connectivity index (χ0v) is 13.7. The van der Waals surface area contributed by atoms with Crippen LogP contribution in [-0.4, -0.2) is 57.9 Å². The summed E-state index contributed by atoms with van der Waals surface area (Å²) in [5.41, 5.74) is 0.659. The molecule has 10 heteroatoms. The first-order valence-electron chi connectivity index (χ1n) is 7.09. The fraction of sp³-hybridized carbons (Fsp3) is 0.357. The number of ether oxygens (including phenoxy) is 1. The molecular weight excluding hydrogens is 339 g/mol. The van der Waals surface area contributed by atoms with E-state index >= 15 is 0 Å². The Bertz CT molecular complexity index is 680. The average molecular weight is 356 g/mol. The molecule has 2 rings (SSSR count). The Hall–Kier alpha value is -2.06. The molecule has 3 amide bonds. The smallest absolute Gasteiger partial charge is 0.347 e. The molecule has 1 aliphatic heterocycles. The zero-order valence-electron chi connectivity index (χ0n) is 12.8. The number of imide groups is 1. The van der Waals surface area contributed by atoms with Crippen LogP contribution in [0, 0.1) is 0 Å². The van der Waals surface area contributed by atoms with E-state index in [-0.39, 0.29) is 13.2 Å². The van der Waals surface area contributed by atoms with Gasteiger partial charge in [0.1, 0.15) is 12.4 Å². The summed E-state index contributed by atoms with van der Waals surface area (Å²) in [4.78, 5) is 54.4. The lowest BCUT2D eigenvalue weighted by Crippen LogP contribution is -2.37. The largest absolute Gasteiger partial charge is 0.370 e. The van der Waals surface area contributed by atoms with Crippen molar-refractivity contribution in [1.29, 1.82) is 0 Å². The number of nitrogens with zero attached hydrogens (tertiary/aromatic N) is 1. The molecule has 1 aliphatic rings. The number of carbonyl (C=O) groups is 3. The molecule has 0 saturated heterocycles. The molecule has 1 atom stereocenters. The van der Waals surface area contributed by atoms with Gasteiger partial charge in [-0.05, 0) is 19.1 Å². The zero-order chi connectivity index (χ0) is 17.9. The SMILES string of the molecule is CC(NC(=O)COCCN1C(=O)c2ccccc2C1=O)P(=O)(O)O. The molecule has 0 aromatic heterocycles. The molecule has 1 heterocycles. The lowest BCUT2D eigenvalue weighted by molar-refractivity contribution is -0.126. The summed E-state index contributed by atoms with van der Waals surface area (Å²) in [5.74, 6) is -2.85. The van der Waals surface area contributed by atoms with Crippen molar-refractivity contribution in [3.63, 3.8) is 0 Å². The third-order valence-corrected chi connectivity index (χ3v) is 4.58. The summed E-state index contributed by atoms with van der Waals surface area (Å²) in [5, 5.41) is 2.11. The highest BCUT2D eigenvalue weighted by Crippen LogP contribution is 2.38. The summed E-state index contributed by atoms with van der Waals surface area (Å²) >= 11 is 0. The van der Waals surface area contributed by atoms with E-state index in [1.807, 2.05) is 0 Å². The predicted molar refractivity (Wildman–Crippen MR) is 82.3 cm³/mol. The van der Waals surface area contributed by atoms with Gasteiger partial charge in [-0.25, -0.2) is 0 Å². The second-order valence-electron chi connectivity index (χ2n) is 5.19. The van der Waals surface area contributed by atoms with Gasteiger partial charge in [-0.2, -0.15) is 0 Å². The molecule has 0 saturated carbocycles. The van der Waals surface area contributed by atoms with Gasteiger partial charge < -0.3 is 19.8 Å². The summed E-state index contributed by atoms with van der Waals surface area (Å²) in [6.07, 6.45) is 0. The van der Waals surface area contributed by atoms with Crippen molar-refractivity contribution in [1.82, 2.24) is 10.2 Å². The molecular formula is C14H17N2O7P. The molecule has 1 unspecified atom stereocenters. The van der Waals surface area contributed by atoms with Gasteiger partial charge in [0, 0.05) is 0 Å². The molecule has 1 aromatic carbocycles. The van der Waals surface area contributed by atoms with Crippen LogP contribution in [0.15, 0.2) is 24.3 Å². The van der Waals surface area contributed by atoms with Gasteiger partial charge in [0.15, 0.2) is 0 Å². The highest BCUT2D eigenvalue weighted by Gasteiger charge is 2.34. The highest BCUT2D eigenvalue weighted by molar-refractivity contribution is 7.52. The van der Waals surface area contributed by atoms with E-state index in [1.165, 1.54) is 6.92 Å². The van der Waals surface area contributed by atoms with Crippen LogP contribution in [0.1, 0.15) is 27.6 Å². The molecule has 0 bridgehead atoms. The van der Waals surface area contributed by atoms with E-state index in [9.17, 15) is 18.9 Å². The molecule has 24 heavy (non-hydrogen) atoms. The number of fused-ring (bicyclic) bond motifs is 1. The number of amides is 3. The van der Waals surface area contributed by atoms with Crippen LogP contribution in [0.5, 0.6) is 0 Å². The Labute approximate surface area is 137 Å². The second-order valence-corrected chi connectivity index (χ2v) is 7.15. The first kappa shape index (κ1) is 18.3. The predicted octanol–water partition coefficient (Wildman–Crippen LogP) is -0.0609. The topological polar surface area (TPSA) is 133 Å². The van der Waals surface area contributed by atoms with Gasteiger partial charge in [-0.15, -0.1) is 0 Å². The lowest BCUT2D eigenvalue weighted by Gasteiger charge is -2.16. The van der Waals surface area contributed by atoms with E-state index in [2.05, 4.69) is 5.32 Å². The summed E-state index contributed by atoms with van der Waals surface area (Å²) in [6, 6.07) is 6.45. The number of hydrogen-bond donors (Lipinski definition) is 3. The van der Waals surface area contributed by atoms with Gasteiger partial charge >= 0.3 is 7.60 Å². The standard InChI is InChI=1S/C14H17N2O7P/c1-9(24(20,21)22)15-12(17)8-23-7-6-16-13(18)10-4-2-3-5-11(10)14(16)19/h2-5,9H,6-8H2,1H3,(H,15,17)(H2,20,21,22). The van der Waals surface area contributed by atoms with Crippen LogP contribution in [0.2, 0.25) is 0 Å². The normalized spacial score (nSPS) is 15.4. The molecule has 0 spiro atoms. The maximum absolute atomic E-state index is 12.1. The van der Waals surface area contributed by atoms with E-state index in [0.717, 1.165) is 4.90 Å². The van der Waals surface area contributed by atoms with Gasteiger partial charge in [0.25, 0.3) is 11.8 Å². The average Bonchev–Trinajstić information content (AvgIpc) is 2.75. The van der Waals surface area contributed by atoms with Crippen molar-refractivity contribution in [3.05, 3.63) is 35.4 Å². The van der Waals surface area contributed by atoms with Crippen LogP contribution in [0.3, 0.4) is 0 Å². The quantitative estimate of drug-likeness (QED) is 0.354. The third kappa shape index (κ3) is 4.07. The molecule has 0 fully saturated rings. The van der Waals surface area contributed by atoms with Crippen LogP contribution in [0.25, 0.3) is 0 Å². The van der Waals surface area contributed by atoms with Crippen LogP contribution < -0.4 is 5.32 Å². The second kappa shape index (κ2) is 7.23. The van der Waals surface area contributed by atoms with Crippen molar-refractivity contribution in [3.8, 4) is 0 Å². The first-order chi connectivity index (χ1) is 11.2. The van der Waals surface area contributed by atoms with E-state index < -0.39 is 37.7 Å². The molecule has 0 aliphatic carbocycles. The Morgan fingerprint density at radius 1 is 1.25 bits per heavy atom. The molecule has 130 valence electrons. The van der Waals surface area contributed by atoms with Crippen molar-refractivity contribution in [2.45, 2.75) is 12.7 Å². The van der Waals surface area contributed by atoms with Gasteiger partial charge in [-0.1, -0.05) is 12.1 Å². The van der Waals surface area contributed by atoms with Crippen LogP contribution in [-0.2, 0) is 14.1 Å². The Morgan fingerprint density at radius 2 is 1.79 bits per heavy atom. The molecule has 0 radical (unpaired) electrons. The Morgan fingerprint density at radius 3 is 2.29 bits per heavy atom. The summed E-state index contributed by atoms with van der Waals surface area (Å²) in [6.45, 7) is 0.655. The minimum atomic E-state index is -4.40. The maximum atomic E-state index is 12.1. The van der Waals surface area contributed by atoms with Crippen molar-refractivity contribution >= 4 is 25.3 Å². The van der Waals surface area contributed by atoms with Crippen LogP contribution >= 0.6 is 7.60 Å². The van der Waals surface area contributed by atoms with Gasteiger partial charge in [0.2, 0.25) is 5.91 Å². The van der Waals surface area contributed by atoms with E-state index in [1.54, 1.807) is 24.3 Å². The Kier molecular flexibility index (Phi) is 5.51. The Balaban J connectivity index is 1.78. The maximum Gasteiger partial charge on any atom is 0.347 e. The van der Waals surface area contributed by atoms with Crippen molar-refractivity contribution < 1.29 is 33.5 Å². The van der Waals surface area contributed by atoms with Crippen LogP contribution in [0.4, 0.5) is 0 Å². The molecule has 1 aromatic rings. The van der Waals surface area contributed by atoms with E-state index in [0.29, 0.717) is 11.1 Å². The number of nitrogens with one attached hydrogen (secondary N) is 1. The molecule has 9 nitrogen and oxygen atoms in total. The number of benzene rings is 1. The number of carbonyl (C=O) groups excluding carboxylic acids is 3. The summed E-state index contributed by atoms with van der Waals surface area (Å²) < 4.78 is 16.0. The number of rotatable bonds is 7. The highest BCUT2D eigenvalue weighted by atomic mass is 31.2.